The highest BCUT2D eigenvalue weighted by atomic mass is 15.0. The summed E-state index contributed by atoms with van der Waals surface area (Å²) in [6, 6.07) is 7.93. The molecule has 16 heavy (non-hydrogen) atoms. The largest absolute Gasteiger partial charge is 0.384 e. The Morgan fingerprint density at radius 1 is 0.875 bits per heavy atom. The molecule has 0 saturated carbocycles. The smallest absolute Gasteiger partial charge is 0.222 e. The number of aromatic nitrogens is 2. The molecule has 0 fully saturated rings. The Balaban J connectivity index is 2.57. The zero-order valence-corrected chi connectivity index (χ0v) is 9.36. The summed E-state index contributed by atoms with van der Waals surface area (Å²) >= 11 is 0. The molecule has 1 heterocycles. The van der Waals surface area contributed by atoms with E-state index in [9.17, 15) is 0 Å². The van der Waals surface area contributed by atoms with Crippen molar-refractivity contribution in [3.8, 4) is 11.3 Å². The van der Waals surface area contributed by atoms with Gasteiger partial charge in [0.2, 0.25) is 5.95 Å². The minimum atomic E-state index is 0.203. The monoisotopic (exact) mass is 214 g/mol. The van der Waals surface area contributed by atoms with Crippen LogP contribution in [0.3, 0.4) is 0 Å². The van der Waals surface area contributed by atoms with Crippen LogP contribution in [-0.2, 0) is 0 Å². The summed E-state index contributed by atoms with van der Waals surface area (Å²) in [5, 5.41) is 0. The Morgan fingerprint density at radius 2 is 1.50 bits per heavy atom. The van der Waals surface area contributed by atoms with E-state index in [0.29, 0.717) is 5.82 Å². The van der Waals surface area contributed by atoms with Crippen molar-refractivity contribution in [1.29, 1.82) is 0 Å². The van der Waals surface area contributed by atoms with Crippen molar-refractivity contribution in [3.63, 3.8) is 0 Å². The van der Waals surface area contributed by atoms with Crippen LogP contribution in [0.4, 0.5) is 11.8 Å². The van der Waals surface area contributed by atoms with Gasteiger partial charge in [-0.15, -0.1) is 0 Å². The van der Waals surface area contributed by atoms with Gasteiger partial charge in [-0.05, 0) is 26.0 Å². The zero-order valence-electron chi connectivity index (χ0n) is 9.36. The predicted octanol–water partition coefficient (Wildman–Crippen LogP) is 1.92. The van der Waals surface area contributed by atoms with Crippen molar-refractivity contribution in [3.05, 3.63) is 35.4 Å². The Morgan fingerprint density at radius 3 is 2.06 bits per heavy atom. The molecule has 0 unspecified atom stereocenters. The van der Waals surface area contributed by atoms with Gasteiger partial charge in [0, 0.05) is 11.6 Å². The second kappa shape index (κ2) is 3.81. The van der Waals surface area contributed by atoms with Gasteiger partial charge in [0.05, 0.1) is 5.69 Å². The highest BCUT2D eigenvalue weighted by molar-refractivity contribution is 5.64. The van der Waals surface area contributed by atoms with Gasteiger partial charge < -0.3 is 11.5 Å². The van der Waals surface area contributed by atoms with Gasteiger partial charge >= 0.3 is 0 Å². The average molecular weight is 214 g/mol. The van der Waals surface area contributed by atoms with Gasteiger partial charge in [-0.3, -0.25) is 0 Å². The normalized spacial score (nSPS) is 10.4. The van der Waals surface area contributed by atoms with Crippen molar-refractivity contribution in [2.75, 3.05) is 11.5 Å². The van der Waals surface area contributed by atoms with E-state index < -0.39 is 0 Å². The topological polar surface area (TPSA) is 77.8 Å². The Hall–Kier alpha value is -2.10. The molecule has 0 saturated heterocycles. The Bertz CT molecular complexity index is 445. The third-order valence-electron chi connectivity index (χ3n) is 2.28. The summed E-state index contributed by atoms with van der Waals surface area (Å²) in [6.07, 6.45) is 0. The molecule has 4 nitrogen and oxygen atoms in total. The van der Waals surface area contributed by atoms with E-state index in [1.54, 1.807) is 6.07 Å². The maximum atomic E-state index is 5.64. The summed E-state index contributed by atoms with van der Waals surface area (Å²) in [6.45, 7) is 4.09. The molecule has 0 atom stereocenters. The molecule has 1 aromatic heterocycles. The lowest BCUT2D eigenvalue weighted by molar-refractivity contribution is 1.19. The molecule has 1 aromatic carbocycles. The average Bonchev–Trinajstić information content (AvgIpc) is 2.14. The molecule has 4 heteroatoms. The summed E-state index contributed by atoms with van der Waals surface area (Å²) in [7, 11) is 0. The van der Waals surface area contributed by atoms with Gasteiger partial charge in [0.25, 0.3) is 0 Å². The number of nitrogens with zero attached hydrogens (tertiary/aromatic N) is 2. The summed E-state index contributed by atoms with van der Waals surface area (Å²) in [4.78, 5) is 8.02. The Kier molecular flexibility index (Phi) is 2.48. The molecule has 2 rings (SSSR count). The molecule has 0 spiro atoms. The van der Waals surface area contributed by atoms with E-state index in [0.717, 1.165) is 11.3 Å². The van der Waals surface area contributed by atoms with Crippen LogP contribution in [-0.4, -0.2) is 9.97 Å². The first-order valence-electron chi connectivity index (χ1n) is 5.03. The molecule has 0 aliphatic rings. The van der Waals surface area contributed by atoms with Crippen LogP contribution in [0.2, 0.25) is 0 Å². The first kappa shape index (κ1) is 10.4. The molecular weight excluding hydrogens is 200 g/mol. The van der Waals surface area contributed by atoms with E-state index in [1.807, 2.05) is 26.0 Å². The van der Waals surface area contributed by atoms with Gasteiger partial charge in [-0.1, -0.05) is 17.2 Å². The van der Waals surface area contributed by atoms with E-state index in [4.69, 9.17) is 11.5 Å². The molecule has 0 aliphatic heterocycles. The van der Waals surface area contributed by atoms with Crippen LogP contribution in [0, 0.1) is 13.8 Å². The van der Waals surface area contributed by atoms with Gasteiger partial charge in [0.15, 0.2) is 0 Å². The van der Waals surface area contributed by atoms with Crippen LogP contribution in [0.1, 0.15) is 11.1 Å². The Labute approximate surface area is 94.3 Å². The quantitative estimate of drug-likeness (QED) is 0.760. The van der Waals surface area contributed by atoms with Crippen LogP contribution in [0.5, 0.6) is 0 Å². The third kappa shape index (κ3) is 2.11. The molecule has 82 valence electrons. The number of hydrogen-bond donors (Lipinski definition) is 2. The van der Waals surface area contributed by atoms with E-state index >= 15 is 0 Å². The van der Waals surface area contributed by atoms with Gasteiger partial charge in [0.1, 0.15) is 5.82 Å². The summed E-state index contributed by atoms with van der Waals surface area (Å²) in [5.41, 5.74) is 15.4. The molecule has 2 aromatic rings. The number of rotatable bonds is 1. The highest BCUT2D eigenvalue weighted by Gasteiger charge is 2.04. The zero-order chi connectivity index (χ0) is 11.7. The van der Waals surface area contributed by atoms with E-state index in [2.05, 4.69) is 16.0 Å². The molecule has 0 amide bonds. The van der Waals surface area contributed by atoms with E-state index in [1.165, 1.54) is 11.1 Å². The fraction of sp³-hybridized carbons (Fsp3) is 0.167. The van der Waals surface area contributed by atoms with Crippen molar-refractivity contribution in [2.24, 2.45) is 0 Å². The summed E-state index contributed by atoms with van der Waals surface area (Å²) in [5.74, 6) is 0.593. The second-order valence-corrected chi connectivity index (χ2v) is 3.91. The van der Waals surface area contributed by atoms with E-state index in [-0.39, 0.29) is 5.95 Å². The lowest BCUT2D eigenvalue weighted by Gasteiger charge is -2.05. The summed E-state index contributed by atoms with van der Waals surface area (Å²) < 4.78 is 0. The lowest BCUT2D eigenvalue weighted by atomic mass is 10.0. The van der Waals surface area contributed by atoms with Crippen LogP contribution >= 0.6 is 0 Å². The molecule has 4 N–H and O–H groups in total. The first-order valence-corrected chi connectivity index (χ1v) is 5.03. The minimum absolute atomic E-state index is 0.203. The number of aryl methyl sites for hydroxylation is 2. The fourth-order valence-corrected chi connectivity index (χ4v) is 1.76. The maximum absolute atomic E-state index is 5.64. The van der Waals surface area contributed by atoms with Crippen LogP contribution in [0.15, 0.2) is 24.3 Å². The highest BCUT2D eigenvalue weighted by Crippen LogP contribution is 2.22. The van der Waals surface area contributed by atoms with Crippen molar-refractivity contribution >= 4 is 11.8 Å². The van der Waals surface area contributed by atoms with Crippen molar-refractivity contribution < 1.29 is 0 Å². The van der Waals surface area contributed by atoms with Gasteiger partial charge in [-0.2, -0.15) is 4.98 Å². The number of benzene rings is 1. The first-order chi connectivity index (χ1) is 7.54. The SMILES string of the molecule is Cc1cc(C)cc(-c2cc(N)nc(N)n2)c1. The lowest BCUT2D eigenvalue weighted by Crippen LogP contribution is -2.00. The maximum Gasteiger partial charge on any atom is 0.222 e. The molecule has 0 radical (unpaired) electrons. The van der Waals surface area contributed by atoms with Crippen LogP contribution < -0.4 is 11.5 Å². The standard InChI is InChI=1S/C12H14N4/c1-7-3-8(2)5-9(4-7)10-6-11(13)16-12(14)15-10/h3-6H,1-2H3,(H4,13,14,15,16). The molecular formula is C12H14N4. The van der Waals surface area contributed by atoms with Gasteiger partial charge in [-0.25, -0.2) is 4.98 Å². The number of hydrogen-bond acceptors (Lipinski definition) is 4. The second-order valence-electron chi connectivity index (χ2n) is 3.91. The van der Waals surface area contributed by atoms with Crippen molar-refractivity contribution in [1.82, 2.24) is 9.97 Å². The molecule has 0 bridgehead atoms. The molecule has 0 aliphatic carbocycles. The number of anilines is 2. The fourth-order valence-electron chi connectivity index (χ4n) is 1.76. The third-order valence-corrected chi connectivity index (χ3v) is 2.28. The number of nitrogen functional groups attached to an aromatic ring is 2. The minimum Gasteiger partial charge on any atom is -0.384 e. The van der Waals surface area contributed by atoms with Crippen molar-refractivity contribution in [2.45, 2.75) is 13.8 Å². The van der Waals surface area contributed by atoms with Crippen LogP contribution in [0.25, 0.3) is 11.3 Å². The predicted molar refractivity (Wildman–Crippen MR) is 65.8 cm³/mol. The number of nitrogens with two attached hydrogens (primary N) is 2.